The number of nitrogens with two attached hydrogens (primary N) is 1. The van der Waals surface area contributed by atoms with E-state index in [0.717, 1.165) is 12.8 Å². The maximum absolute atomic E-state index is 13.1. The van der Waals surface area contributed by atoms with E-state index in [4.69, 9.17) is 15.2 Å². The number of carbonyl (C=O) groups excluding carboxylic acids is 3. The molecular formula is C26H24N4O5. The number of benzene rings is 2. The number of carbonyl (C=O) groups is 3. The van der Waals surface area contributed by atoms with E-state index in [1.165, 1.54) is 19.1 Å². The zero-order valence-electron chi connectivity index (χ0n) is 19.3. The van der Waals surface area contributed by atoms with E-state index in [2.05, 4.69) is 11.4 Å². The summed E-state index contributed by atoms with van der Waals surface area (Å²) < 4.78 is 10.0. The molecule has 1 atom stereocenters. The maximum Gasteiger partial charge on any atom is 0.355 e. The van der Waals surface area contributed by atoms with Crippen molar-refractivity contribution >= 4 is 23.5 Å². The number of nitriles is 1. The lowest BCUT2D eigenvalue weighted by Crippen LogP contribution is -2.40. The lowest BCUT2D eigenvalue weighted by atomic mass is 9.81. The van der Waals surface area contributed by atoms with Crippen LogP contribution in [-0.4, -0.2) is 38.1 Å². The molecule has 35 heavy (non-hydrogen) atoms. The van der Waals surface area contributed by atoms with Gasteiger partial charge in [-0.15, -0.1) is 0 Å². The minimum Gasteiger partial charge on any atom is -0.466 e. The van der Waals surface area contributed by atoms with Crippen molar-refractivity contribution in [1.82, 2.24) is 5.32 Å². The van der Waals surface area contributed by atoms with Gasteiger partial charge in [0, 0.05) is 17.3 Å². The van der Waals surface area contributed by atoms with Crippen LogP contribution in [0.4, 0.5) is 5.69 Å². The van der Waals surface area contributed by atoms with Gasteiger partial charge in [0.05, 0.1) is 37.4 Å². The molecule has 1 unspecified atom stereocenters. The van der Waals surface area contributed by atoms with E-state index in [1.54, 1.807) is 54.6 Å². The lowest BCUT2D eigenvalue weighted by Gasteiger charge is -2.36. The molecule has 0 aromatic heterocycles. The number of nitrogens with one attached hydrogen (secondary N) is 1. The van der Waals surface area contributed by atoms with Gasteiger partial charge in [-0.25, -0.2) is 9.59 Å². The summed E-state index contributed by atoms with van der Waals surface area (Å²) in [7, 11) is 2.37. The molecular weight excluding hydrogens is 448 g/mol. The van der Waals surface area contributed by atoms with Gasteiger partial charge in [0.1, 0.15) is 11.5 Å². The number of hydrogen-bond acceptors (Lipinski definition) is 8. The second-order valence-electron chi connectivity index (χ2n) is 8.13. The molecule has 4 rings (SSSR count). The Labute approximate surface area is 202 Å². The average molecular weight is 473 g/mol. The van der Waals surface area contributed by atoms with Crippen LogP contribution >= 0.6 is 0 Å². The Morgan fingerprint density at radius 3 is 2.31 bits per heavy atom. The fraction of sp³-hybridized carbons (Fsp3) is 0.231. The first-order valence-corrected chi connectivity index (χ1v) is 11.0. The van der Waals surface area contributed by atoms with E-state index in [1.807, 2.05) is 0 Å². The van der Waals surface area contributed by atoms with E-state index >= 15 is 0 Å². The van der Waals surface area contributed by atoms with Gasteiger partial charge in [-0.05, 0) is 36.6 Å². The first-order valence-electron chi connectivity index (χ1n) is 11.0. The second kappa shape index (κ2) is 9.73. The Balaban J connectivity index is 1.95. The molecule has 9 heteroatoms. The van der Waals surface area contributed by atoms with Gasteiger partial charge >= 0.3 is 11.9 Å². The summed E-state index contributed by atoms with van der Waals surface area (Å²) >= 11 is 0. The number of rotatable bonds is 6. The highest BCUT2D eigenvalue weighted by Gasteiger charge is 2.43. The average Bonchev–Trinajstić information content (AvgIpc) is 3.71. The second-order valence-corrected chi connectivity index (χ2v) is 8.13. The zero-order valence-corrected chi connectivity index (χ0v) is 19.3. The first kappa shape index (κ1) is 23.6. The molecule has 0 saturated heterocycles. The third kappa shape index (κ3) is 4.46. The van der Waals surface area contributed by atoms with Crippen LogP contribution in [0, 0.1) is 11.3 Å². The Bertz CT molecular complexity index is 1290. The molecule has 1 aliphatic carbocycles. The van der Waals surface area contributed by atoms with Gasteiger partial charge in [-0.1, -0.05) is 36.4 Å². The minimum atomic E-state index is -0.958. The Morgan fingerprint density at radius 1 is 1.03 bits per heavy atom. The van der Waals surface area contributed by atoms with E-state index in [0.29, 0.717) is 16.8 Å². The van der Waals surface area contributed by atoms with Crippen molar-refractivity contribution in [2.75, 3.05) is 19.1 Å². The highest BCUT2D eigenvalue weighted by Crippen LogP contribution is 2.43. The van der Waals surface area contributed by atoms with Crippen molar-refractivity contribution in [3.05, 3.63) is 88.4 Å². The van der Waals surface area contributed by atoms with Gasteiger partial charge in [0.15, 0.2) is 0 Å². The molecule has 1 fully saturated rings. The summed E-state index contributed by atoms with van der Waals surface area (Å²) in [6.07, 6.45) is 1.86. The van der Waals surface area contributed by atoms with Crippen LogP contribution in [0.15, 0.2) is 77.3 Å². The van der Waals surface area contributed by atoms with Crippen molar-refractivity contribution in [3.63, 3.8) is 0 Å². The summed E-state index contributed by atoms with van der Waals surface area (Å²) in [6.45, 7) is 0. The number of ether oxygens (including phenoxy) is 2. The summed E-state index contributed by atoms with van der Waals surface area (Å²) in [4.78, 5) is 40.1. The van der Waals surface area contributed by atoms with Crippen molar-refractivity contribution < 1.29 is 23.9 Å². The number of amides is 1. The monoisotopic (exact) mass is 472 g/mol. The highest BCUT2D eigenvalue weighted by molar-refractivity contribution is 6.06. The summed E-state index contributed by atoms with van der Waals surface area (Å²) in [5.74, 6) is -2.95. The first-order chi connectivity index (χ1) is 16.9. The van der Waals surface area contributed by atoms with E-state index in [9.17, 15) is 19.6 Å². The normalized spacial score (nSPS) is 17.5. The molecule has 1 amide bonds. The van der Waals surface area contributed by atoms with Gasteiger partial charge < -0.3 is 20.5 Å². The number of nitrogens with zero attached hydrogens (tertiary/aromatic N) is 2. The van der Waals surface area contributed by atoms with Crippen LogP contribution in [0.3, 0.4) is 0 Å². The lowest BCUT2D eigenvalue weighted by molar-refractivity contribution is -0.139. The molecule has 3 N–H and O–H groups in total. The predicted molar refractivity (Wildman–Crippen MR) is 126 cm³/mol. The van der Waals surface area contributed by atoms with Crippen LogP contribution < -0.4 is 16.0 Å². The van der Waals surface area contributed by atoms with Crippen LogP contribution in [0.5, 0.6) is 0 Å². The molecule has 0 spiro atoms. The molecule has 2 aromatic carbocycles. The van der Waals surface area contributed by atoms with Crippen molar-refractivity contribution in [3.8, 4) is 6.07 Å². The molecule has 2 aromatic rings. The molecule has 178 valence electrons. The molecule has 0 radical (unpaired) electrons. The summed E-state index contributed by atoms with van der Waals surface area (Å²) in [5, 5.41) is 13.0. The largest absolute Gasteiger partial charge is 0.466 e. The molecule has 9 nitrogen and oxygen atoms in total. The van der Waals surface area contributed by atoms with E-state index in [-0.39, 0.29) is 34.6 Å². The standard InChI is InChI=1S/C26H24N4O5/c1-34-25(32)21-20(15-7-4-3-5-8-15)19(14-27)23(28)30(22(21)26(33)35-2)18-10-6-9-16(13-18)24(31)29-17-11-12-17/h3-10,13,17,20H,11-12,28H2,1-2H3,(H,29,31). The molecule has 1 saturated carbocycles. The summed E-state index contributed by atoms with van der Waals surface area (Å²) in [5.41, 5.74) is 7.48. The quantitative estimate of drug-likeness (QED) is 0.612. The third-order valence-electron chi connectivity index (χ3n) is 5.89. The smallest absolute Gasteiger partial charge is 0.355 e. The maximum atomic E-state index is 13.1. The Morgan fingerprint density at radius 2 is 1.71 bits per heavy atom. The molecule has 1 aliphatic heterocycles. The Kier molecular flexibility index (Phi) is 6.55. The van der Waals surface area contributed by atoms with Crippen LogP contribution in [0.1, 0.15) is 34.7 Å². The minimum absolute atomic E-state index is 0.0529. The predicted octanol–water partition coefficient (Wildman–Crippen LogP) is 2.48. The SMILES string of the molecule is COC(=O)C1=C(C(=O)OC)N(c2cccc(C(=O)NC3CC3)c2)C(N)=C(C#N)C1c1ccccc1. The zero-order chi connectivity index (χ0) is 25.1. The highest BCUT2D eigenvalue weighted by atomic mass is 16.5. The van der Waals surface area contributed by atoms with Gasteiger partial charge in [-0.2, -0.15) is 5.26 Å². The third-order valence-corrected chi connectivity index (χ3v) is 5.89. The number of esters is 2. The fourth-order valence-corrected chi connectivity index (χ4v) is 4.06. The van der Waals surface area contributed by atoms with Crippen LogP contribution in [0.25, 0.3) is 0 Å². The van der Waals surface area contributed by atoms with Crippen molar-refractivity contribution in [2.45, 2.75) is 24.8 Å². The van der Waals surface area contributed by atoms with Gasteiger partial charge in [-0.3, -0.25) is 9.69 Å². The Hall–Kier alpha value is -4.58. The molecule has 0 bridgehead atoms. The van der Waals surface area contributed by atoms with Crippen LogP contribution in [-0.2, 0) is 19.1 Å². The molecule has 2 aliphatic rings. The summed E-state index contributed by atoms with van der Waals surface area (Å²) in [6, 6.07) is 17.4. The van der Waals surface area contributed by atoms with Crippen molar-refractivity contribution in [2.24, 2.45) is 5.73 Å². The number of methoxy groups -OCH3 is 2. The topological polar surface area (TPSA) is 135 Å². The van der Waals surface area contributed by atoms with Gasteiger partial charge in [0.2, 0.25) is 0 Å². The number of hydrogen-bond donors (Lipinski definition) is 2. The van der Waals surface area contributed by atoms with Crippen LogP contribution in [0.2, 0.25) is 0 Å². The number of anilines is 1. The molecule has 1 heterocycles. The fourth-order valence-electron chi connectivity index (χ4n) is 4.06. The number of allylic oxidation sites excluding steroid dienone is 1. The van der Waals surface area contributed by atoms with Crippen molar-refractivity contribution in [1.29, 1.82) is 5.26 Å². The van der Waals surface area contributed by atoms with Gasteiger partial charge in [0.25, 0.3) is 5.91 Å². The van der Waals surface area contributed by atoms with E-state index < -0.39 is 17.9 Å².